The molecular formula is C21H19ClN4OS. The second-order valence-electron chi connectivity index (χ2n) is 6.40. The van der Waals surface area contributed by atoms with E-state index in [4.69, 9.17) is 11.6 Å². The fourth-order valence-corrected chi connectivity index (χ4v) is 4.44. The van der Waals surface area contributed by atoms with Gasteiger partial charge in [-0.25, -0.2) is 0 Å². The quantitative estimate of drug-likeness (QED) is 0.435. The van der Waals surface area contributed by atoms with Crippen molar-refractivity contribution in [1.29, 1.82) is 0 Å². The number of aromatic nitrogens is 2. The van der Waals surface area contributed by atoms with E-state index in [2.05, 4.69) is 15.6 Å². The number of hydrogen-bond donors (Lipinski definition) is 2. The number of nitrogens with zero attached hydrogens (tertiary/aromatic N) is 2. The molecule has 4 rings (SSSR count). The van der Waals surface area contributed by atoms with E-state index >= 15 is 0 Å². The molecular weight excluding hydrogens is 392 g/mol. The van der Waals surface area contributed by atoms with Gasteiger partial charge in [-0.3, -0.25) is 4.98 Å². The molecule has 0 radical (unpaired) electrons. The minimum absolute atomic E-state index is 0.641. The molecule has 28 heavy (non-hydrogen) atoms. The second kappa shape index (κ2) is 7.75. The average molecular weight is 411 g/mol. The second-order valence-corrected chi connectivity index (χ2v) is 8.17. The number of rotatable bonds is 5. The van der Waals surface area contributed by atoms with Crippen molar-refractivity contribution in [2.75, 3.05) is 17.7 Å². The average Bonchev–Trinajstić information content (AvgIpc) is 3.08. The van der Waals surface area contributed by atoms with Crippen molar-refractivity contribution in [3.63, 3.8) is 0 Å². The van der Waals surface area contributed by atoms with E-state index in [1.165, 1.54) is 0 Å². The van der Waals surface area contributed by atoms with Gasteiger partial charge in [0.1, 0.15) is 16.9 Å². The standard InChI is InChI=1S/C21H19ClN4OS/c1-14-5-8-19(18(22)10-14)25-15-6-7-17-20(23-2)13-26(21(17)11-15)28(27)16-4-3-9-24-12-16/h3-13,23,25H,1-2H3. The Hall–Kier alpha value is -2.67. The lowest BCUT2D eigenvalue weighted by molar-refractivity contribution is 0.587. The zero-order valence-electron chi connectivity index (χ0n) is 15.4. The van der Waals surface area contributed by atoms with Crippen molar-refractivity contribution in [1.82, 2.24) is 8.96 Å². The highest BCUT2D eigenvalue weighted by Gasteiger charge is 2.20. The summed E-state index contributed by atoms with van der Waals surface area (Å²) in [6.07, 6.45) is 5.15. The number of aryl methyl sites for hydroxylation is 1. The molecule has 0 aliphatic heterocycles. The van der Waals surface area contributed by atoms with Crippen LogP contribution in [0.3, 0.4) is 0 Å². The molecule has 0 amide bonds. The SMILES string of the molecule is CNc1cn([S+]([O-])c2cccnc2)c2cc(Nc3ccc(C)cc3Cl)ccc12. The Bertz CT molecular complexity index is 1130. The first-order valence-corrected chi connectivity index (χ1v) is 10.2. The van der Waals surface area contributed by atoms with E-state index in [9.17, 15) is 4.55 Å². The first kappa shape index (κ1) is 18.7. The molecule has 1 atom stereocenters. The van der Waals surface area contributed by atoms with Gasteiger partial charge in [0.25, 0.3) is 0 Å². The Kier molecular flexibility index (Phi) is 5.17. The number of benzene rings is 2. The molecule has 0 aliphatic rings. The van der Waals surface area contributed by atoms with E-state index in [-0.39, 0.29) is 0 Å². The predicted octanol–water partition coefficient (Wildman–Crippen LogP) is 5.35. The number of hydrogen-bond acceptors (Lipinski definition) is 4. The van der Waals surface area contributed by atoms with Crippen LogP contribution in [0.1, 0.15) is 5.56 Å². The largest absolute Gasteiger partial charge is 0.587 e. The summed E-state index contributed by atoms with van der Waals surface area (Å²) in [5.74, 6) is 0. The van der Waals surface area contributed by atoms with Gasteiger partial charge < -0.3 is 15.2 Å². The summed E-state index contributed by atoms with van der Waals surface area (Å²) < 4.78 is 14.9. The first-order chi connectivity index (χ1) is 13.6. The van der Waals surface area contributed by atoms with Crippen LogP contribution in [0.25, 0.3) is 10.9 Å². The summed E-state index contributed by atoms with van der Waals surface area (Å²) in [6.45, 7) is 2.00. The lowest BCUT2D eigenvalue weighted by Gasteiger charge is -2.12. The zero-order chi connectivity index (χ0) is 19.7. The molecule has 2 heterocycles. The Morgan fingerprint density at radius 2 is 1.96 bits per heavy atom. The number of halogens is 1. The van der Waals surface area contributed by atoms with Crippen LogP contribution in [0.15, 0.2) is 72.0 Å². The predicted molar refractivity (Wildman–Crippen MR) is 117 cm³/mol. The van der Waals surface area contributed by atoms with E-state index in [1.807, 2.05) is 62.6 Å². The van der Waals surface area contributed by atoms with Crippen molar-refractivity contribution in [2.45, 2.75) is 11.8 Å². The van der Waals surface area contributed by atoms with Gasteiger partial charge in [0.15, 0.2) is 4.90 Å². The van der Waals surface area contributed by atoms with Gasteiger partial charge in [0.2, 0.25) is 0 Å². The third-order valence-corrected chi connectivity index (χ3v) is 6.08. The van der Waals surface area contributed by atoms with Crippen molar-refractivity contribution in [3.05, 3.63) is 77.7 Å². The summed E-state index contributed by atoms with van der Waals surface area (Å²) in [5.41, 5.74) is 4.55. The molecule has 1 unspecified atom stereocenters. The topological polar surface area (TPSA) is 64.9 Å². The monoisotopic (exact) mass is 410 g/mol. The van der Waals surface area contributed by atoms with Crippen LogP contribution in [0, 0.1) is 6.92 Å². The van der Waals surface area contributed by atoms with Crippen LogP contribution in [-0.2, 0) is 11.4 Å². The molecule has 0 saturated heterocycles. The summed E-state index contributed by atoms with van der Waals surface area (Å²) in [7, 11) is 1.85. The Morgan fingerprint density at radius 3 is 2.68 bits per heavy atom. The van der Waals surface area contributed by atoms with Crippen LogP contribution < -0.4 is 10.6 Å². The molecule has 7 heteroatoms. The maximum atomic E-state index is 13.1. The minimum Gasteiger partial charge on any atom is -0.587 e. The first-order valence-electron chi connectivity index (χ1n) is 8.75. The van der Waals surface area contributed by atoms with Crippen molar-refractivity contribution < 1.29 is 4.55 Å². The van der Waals surface area contributed by atoms with Gasteiger partial charge in [0, 0.05) is 24.3 Å². The summed E-state index contributed by atoms with van der Waals surface area (Å²) in [6, 6.07) is 15.4. The lowest BCUT2D eigenvalue weighted by Crippen LogP contribution is -2.12. The van der Waals surface area contributed by atoms with Crippen molar-refractivity contribution in [2.24, 2.45) is 0 Å². The number of fused-ring (bicyclic) bond motifs is 1. The van der Waals surface area contributed by atoms with Gasteiger partial charge in [-0.1, -0.05) is 17.7 Å². The van der Waals surface area contributed by atoms with Crippen LogP contribution >= 0.6 is 11.6 Å². The van der Waals surface area contributed by atoms with Gasteiger partial charge >= 0.3 is 0 Å². The summed E-state index contributed by atoms with van der Waals surface area (Å²) >= 11 is 4.95. The molecule has 0 aliphatic carbocycles. The summed E-state index contributed by atoms with van der Waals surface area (Å²) in [5, 5.41) is 8.16. The third-order valence-electron chi connectivity index (χ3n) is 4.46. The van der Waals surface area contributed by atoms with Gasteiger partial charge in [-0.15, -0.1) is 0 Å². The normalized spacial score (nSPS) is 12.1. The fraction of sp³-hybridized carbons (Fsp3) is 0.0952. The molecule has 2 N–H and O–H groups in total. The van der Waals surface area contributed by atoms with Crippen LogP contribution in [0.4, 0.5) is 17.1 Å². The fourth-order valence-electron chi connectivity index (χ4n) is 3.05. The zero-order valence-corrected chi connectivity index (χ0v) is 17.0. The molecule has 0 saturated carbocycles. The molecule has 0 bridgehead atoms. The van der Waals surface area contributed by atoms with Crippen LogP contribution in [-0.4, -0.2) is 20.6 Å². The van der Waals surface area contributed by atoms with E-state index in [0.29, 0.717) is 9.92 Å². The van der Waals surface area contributed by atoms with Gasteiger partial charge in [-0.2, -0.15) is 3.97 Å². The maximum Gasteiger partial charge on any atom is 0.198 e. The maximum absolute atomic E-state index is 13.1. The van der Waals surface area contributed by atoms with Crippen molar-refractivity contribution in [3.8, 4) is 0 Å². The molecule has 2 aromatic carbocycles. The Labute approximate surface area is 171 Å². The highest BCUT2D eigenvalue weighted by molar-refractivity contribution is 7.90. The summed E-state index contributed by atoms with van der Waals surface area (Å²) in [4.78, 5) is 4.72. The van der Waals surface area contributed by atoms with E-state index in [1.54, 1.807) is 22.4 Å². The number of nitrogens with one attached hydrogen (secondary N) is 2. The molecule has 4 aromatic rings. The number of anilines is 3. The molecule has 142 valence electrons. The van der Waals surface area contributed by atoms with E-state index < -0.39 is 11.4 Å². The van der Waals surface area contributed by atoms with Gasteiger partial charge in [-0.05, 0) is 55.0 Å². The van der Waals surface area contributed by atoms with Crippen LogP contribution in [0.2, 0.25) is 5.02 Å². The molecule has 5 nitrogen and oxygen atoms in total. The van der Waals surface area contributed by atoms with E-state index in [0.717, 1.165) is 33.5 Å². The molecule has 2 aromatic heterocycles. The Balaban J connectivity index is 1.77. The van der Waals surface area contributed by atoms with Crippen LogP contribution in [0.5, 0.6) is 0 Å². The van der Waals surface area contributed by atoms with Gasteiger partial charge in [0.05, 0.1) is 28.8 Å². The molecule has 0 fully saturated rings. The molecule has 0 spiro atoms. The smallest absolute Gasteiger partial charge is 0.198 e. The lowest BCUT2D eigenvalue weighted by atomic mass is 10.2. The Morgan fingerprint density at radius 1 is 1.11 bits per heavy atom. The highest BCUT2D eigenvalue weighted by Crippen LogP contribution is 2.33. The number of pyridine rings is 1. The minimum atomic E-state index is -1.40. The highest BCUT2D eigenvalue weighted by atomic mass is 35.5. The van der Waals surface area contributed by atoms with Crippen molar-refractivity contribution >= 4 is 50.9 Å². The third kappa shape index (κ3) is 3.54.